The van der Waals surface area contributed by atoms with Crippen LogP contribution in [0.3, 0.4) is 0 Å². The zero-order valence-corrected chi connectivity index (χ0v) is 81.3. The summed E-state index contributed by atoms with van der Waals surface area (Å²) in [6, 6.07) is 19.3. The molecule has 138 heavy (non-hydrogen) atoms. The maximum Gasteiger partial charge on any atom is 0.355 e. The van der Waals surface area contributed by atoms with E-state index >= 15 is 0 Å². The van der Waals surface area contributed by atoms with Gasteiger partial charge in [-0.25, -0.2) is 19.6 Å². The van der Waals surface area contributed by atoms with Gasteiger partial charge in [0.05, 0.1) is 206 Å². The molecule has 5 heterocycles. The van der Waals surface area contributed by atoms with Crippen molar-refractivity contribution in [1.29, 1.82) is 0 Å². The number of imide groups is 1. The highest BCUT2D eigenvalue weighted by Crippen LogP contribution is 3.03. The lowest BCUT2D eigenvalue weighted by Crippen LogP contribution is -3.01. The first kappa shape index (κ1) is 107. The number of rotatable bonds is 69. The van der Waals surface area contributed by atoms with Gasteiger partial charge in [0.1, 0.15) is 17.9 Å². The Morgan fingerprint density at radius 1 is 0.688 bits per heavy atom. The van der Waals surface area contributed by atoms with E-state index in [-0.39, 0.29) is 91.3 Å². The molecule has 40 nitrogen and oxygen atoms in total. The van der Waals surface area contributed by atoms with Crippen LogP contribution in [-0.4, -0.2) is 326 Å². The Balaban J connectivity index is 0.537. The van der Waals surface area contributed by atoms with Crippen LogP contribution in [0.2, 0.25) is 0 Å². The number of primary amides is 1. The number of methoxy groups -OCH3 is 1. The van der Waals surface area contributed by atoms with E-state index in [2.05, 4.69) is 50.5 Å². The number of ether oxygens (including phenoxy) is 14. The predicted octanol–water partition coefficient (Wildman–Crippen LogP) is 7.35. The Morgan fingerprint density at radius 3 is 1.84 bits per heavy atom. The van der Waals surface area contributed by atoms with Crippen LogP contribution < -0.4 is 43.0 Å². The molecule has 3 aromatic heterocycles. The Hall–Kier alpha value is -9.78. The largest absolute Gasteiger partial charge is 0.476 e. The van der Waals surface area contributed by atoms with Crippen LogP contribution >= 0.6 is 23.4 Å². The number of carboxylic acid groups (broad SMARTS) is 1. The molecular formula is C96H135N15O25S2. The number of nitrogens with one attached hydrogen (secondary N) is 6. The number of pyridine rings is 1. The van der Waals surface area contributed by atoms with Crippen molar-refractivity contribution < 1.29 is 119 Å². The van der Waals surface area contributed by atoms with Crippen molar-refractivity contribution in [3.8, 4) is 0 Å². The van der Waals surface area contributed by atoms with Gasteiger partial charge in [-0.15, -0.1) is 0 Å². The molecule has 42 heteroatoms. The van der Waals surface area contributed by atoms with E-state index in [0.717, 1.165) is 64.1 Å². The second kappa shape index (κ2) is 52.6. The average molecular weight is 1960 g/mol. The Labute approximate surface area is 811 Å². The fourth-order valence-electron chi connectivity index (χ4n) is 20.9. The molecular weight excluding hydrogens is 1830 g/mol. The first-order chi connectivity index (χ1) is 66.8. The number of aliphatic hydroxyl groups is 1. The van der Waals surface area contributed by atoms with E-state index in [9.17, 15) is 53.1 Å². The number of H-pyrrole nitrogens is 1. The van der Waals surface area contributed by atoms with Crippen molar-refractivity contribution in [2.24, 2.45) is 44.0 Å². The lowest BCUT2D eigenvalue weighted by molar-refractivity contribution is -0.565. The number of allylic oxidation sites excluding steroid dienone is 1. The molecule has 1 spiro atoms. The summed E-state index contributed by atoms with van der Waals surface area (Å²) in [7, 11) is 1.63. The molecule has 13 N–H and O–H groups in total. The van der Waals surface area contributed by atoms with E-state index in [1.165, 1.54) is 17.5 Å². The molecule has 6 unspecified atom stereocenters. The average Bonchev–Trinajstić information content (AvgIpc) is 0.712. The lowest BCUT2D eigenvalue weighted by Gasteiger charge is -3.02. The summed E-state index contributed by atoms with van der Waals surface area (Å²) < 4.78 is 91.5. The molecule has 2 aliphatic heterocycles. The summed E-state index contributed by atoms with van der Waals surface area (Å²) >= 11 is 2.04. The van der Waals surface area contributed by atoms with Crippen molar-refractivity contribution in [1.82, 2.24) is 45.5 Å². The molecule has 9 atom stereocenters. The number of carbonyl (C=O) groups excluding carboxylic acids is 7. The highest BCUT2D eigenvalue weighted by Gasteiger charge is 3.02. The fraction of sp³-hybridized carbons (Fsp3) is 0.594. The molecule has 4 aliphatic carbocycles. The minimum absolute atomic E-state index is 0.0159. The van der Waals surface area contributed by atoms with Crippen molar-refractivity contribution in [3.63, 3.8) is 0 Å². The number of hydrogen-bond donors (Lipinski definition) is 11. The van der Waals surface area contributed by atoms with Crippen molar-refractivity contribution in [2.75, 3.05) is 220 Å². The number of aliphatic imine (C=N–C) groups is 1. The number of anilines is 3. The molecule has 4 fully saturated rings. The SMILES string of the molecule is COCCOCCOCCOCCOCCOCCOCCOCCOCCOCCOCCOCCn1cc([C@H](CC(=O)N[C@H](C(=O)N[C@@H](CCCNC(N)=O)C(=O)Nc2ccc(COC(O)N(CCOC34CC5(C)CC6(C)CC(CN=C(C)C(=CN)c7ccc(N8CCc9cccc(C(=O)Nc%10nc%11ccccc%11s%10)c9C8)nc7C(=O)O)(C3)C654)CCSO)cc2)C(C)C)N2C(=O)C=CC2=O)[nH]1. The molecule has 12 rings (SSSR count). The van der Waals surface area contributed by atoms with Gasteiger partial charge in [-0.2, -0.15) is 0 Å². The Bertz CT molecular complexity index is 5020. The number of carboxylic acids is 1. The van der Waals surface area contributed by atoms with E-state index in [4.69, 9.17) is 87.8 Å². The predicted molar refractivity (Wildman–Crippen MR) is 514 cm³/mol. The zero-order chi connectivity index (χ0) is 98.1. The first-order valence-corrected chi connectivity index (χ1v) is 48.9. The number of para-hydroxylation sites is 1. The number of benzene rings is 3. The number of aromatic nitrogens is 4. The van der Waals surface area contributed by atoms with Crippen LogP contribution in [0.5, 0.6) is 0 Å². The summed E-state index contributed by atoms with van der Waals surface area (Å²) in [6.07, 6.45) is 7.95. The maximum atomic E-state index is 14.3. The quantitative estimate of drug-likeness (QED) is 0.00584. The lowest BCUT2D eigenvalue weighted by atomic mass is 9.03. The molecule has 0 radical (unpaired) electrons. The molecule has 0 bridgehead atoms. The normalized spacial score (nSPS) is 20.6. The van der Waals surface area contributed by atoms with Crippen LogP contribution in [0.1, 0.15) is 134 Å². The van der Waals surface area contributed by atoms with Gasteiger partial charge in [0.2, 0.25) is 24.1 Å². The molecule has 6 aromatic rings. The second-order valence-electron chi connectivity index (χ2n) is 35.8. The second-order valence-corrected chi connectivity index (χ2v) is 37.5. The highest BCUT2D eigenvalue weighted by molar-refractivity contribution is 7.93. The smallest absolute Gasteiger partial charge is 0.355 e. The summed E-state index contributed by atoms with van der Waals surface area (Å²) in [5.41, 5.74) is 16.7. The number of aromatic carboxylic acids is 1. The zero-order valence-electron chi connectivity index (χ0n) is 79.6. The van der Waals surface area contributed by atoms with Gasteiger partial charge in [0.15, 0.2) is 10.8 Å². The van der Waals surface area contributed by atoms with E-state index < -0.39 is 84.0 Å². The van der Waals surface area contributed by atoms with Gasteiger partial charge < -0.3 is 119 Å². The minimum Gasteiger partial charge on any atom is -0.476 e. The molecule has 756 valence electrons. The third-order valence-corrected chi connectivity index (χ3v) is 27.4. The number of nitrogens with zero attached hydrogens (tertiary/aromatic N) is 7. The summed E-state index contributed by atoms with van der Waals surface area (Å²) in [6.45, 7) is 22.5. The molecule has 8 amide bonds. The van der Waals surface area contributed by atoms with E-state index in [0.29, 0.717) is 240 Å². The van der Waals surface area contributed by atoms with Gasteiger partial charge in [-0.3, -0.25) is 58.7 Å². The summed E-state index contributed by atoms with van der Waals surface area (Å²) in [5, 5.41) is 39.9. The number of hydrogen-bond acceptors (Lipinski definition) is 32. The summed E-state index contributed by atoms with van der Waals surface area (Å²) in [5.74, 6) is -4.55. The Morgan fingerprint density at radius 2 is 1.28 bits per heavy atom. The molecule has 6 aliphatic rings. The van der Waals surface area contributed by atoms with Crippen LogP contribution in [0, 0.1) is 27.6 Å². The third kappa shape index (κ3) is 27.5. The van der Waals surface area contributed by atoms with Crippen LogP contribution in [-0.2, 0) is 116 Å². The number of aliphatic hydroxyl groups excluding tert-OH is 1. The number of fused-ring (bicyclic) bond motifs is 2. The maximum absolute atomic E-state index is 14.3. The summed E-state index contributed by atoms with van der Waals surface area (Å²) in [4.78, 5) is 127. The fourth-order valence-corrected chi connectivity index (χ4v) is 22.0. The van der Waals surface area contributed by atoms with Crippen LogP contribution in [0.25, 0.3) is 15.8 Å². The Kier molecular flexibility index (Phi) is 40.8. The van der Waals surface area contributed by atoms with Crippen molar-refractivity contribution in [3.05, 3.63) is 143 Å². The van der Waals surface area contributed by atoms with Crippen molar-refractivity contribution in [2.45, 2.75) is 136 Å². The van der Waals surface area contributed by atoms with Crippen molar-refractivity contribution >= 4 is 109 Å². The number of thiazole rings is 1. The van der Waals surface area contributed by atoms with Crippen LogP contribution in [0.15, 0.2) is 108 Å². The number of urea groups is 1. The van der Waals surface area contributed by atoms with Gasteiger partial charge in [0, 0.05) is 116 Å². The number of nitrogens with two attached hydrogens (primary N) is 2. The standard InChI is InChI=1S/C96H135N15O25S2/c1-65(2)83(105-80(112)55-77(111-81(113)22-23-82(111)114)76-58-110(107-76)28-30-124-34-35-126-38-39-128-42-43-130-46-47-132-50-51-134-53-52-133-49-48-131-45-44-129-41-40-127-37-36-125-33-32-123-6)87(117)102-75(14-10-25-99-89(98)120)86(116)101-69-18-16-67(17-19-69)59-135-91(121)108(29-54-137-122)27-31-136-95-62-93(5)60-92(4)61-94(63-95,96(92,93)95)64-100-66(3)72(56-97)70-20-21-79(104-84(70)88(118)119)109-26-24-68-11-9-12-71(73(68)57-109)85(115)106-90-103-74-13-7-8-15-78(74)138-90/h7-9,11-13,15-23,56,58,65,75,77,83,91,107,121-122H,10,14,24-55,57,59-64,97H2,1-6H3,(H,101,116)(H,102,117)(H,105,112)(H,118,119)(H3,98,99,120)(H,103,106,115)/t75-,77-,83-,91?,92?,93?,94?,95?,96?/m0/s1. The molecule has 0 saturated heterocycles. The number of carbonyl (C=O) groups is 8. The van der Waals surface area contributed by atoms with Gasteiger partial charge in [0.25, 0.3) is 17.7 Å². The van der Waals surface area contributed by atoms with E-state index in [1.54, 1.807) is 79.2 Å². The van der Waals surface area contributed by atoms with E-state index in [1.807, 2.05) is 48.2 Å². The van der Waals surface area contributed by atoms with Crippen LogP contribution in [0.4, 0.5) is 21.4 Å². The first-order valence-electron chi connectivity index (χ1n) is 47.1. The van der Waals surface area contributed by atoms with Gasteiger partial charge >= 0.3 is 12.0 Å². The topological polar surface area (TPSA) is 507 Å². The number of amides is 8. The highest BCUT2D eigenvalue weighted by atomic mass is 32.2. The molecule has 3 aromatic carbocycles. The van der Waals surface area contributed by atoms with Gasteiger partial charge in [-0.1, -0.05) is 75.4 Å². The third-order valence-electron chi connectivity index (χ3n) is 26.1. The molecule has 4 saturated carbocycles. The minimum atomic E-state index is -1.41. The van der Waals surface area contributed by atoms with Gasteiger partial charge in [-0.05, 0) is 140 Å². The monoisotopic (exact) mass is 1960 g/mol. The number of aromatic amines is 1.